The molecule has 0 aliphatic carbocycles. The Kier molecular flexibility index (Phi) is 3.86. The average Bonchev–Trinajstić information content (AvgIpc) is 2.49. The Morgan fingerprint density at radius 1 is 1.47 bits per heavy atom. The standard InChI is InChI=1S/C6H14N6O2S/c1-15(13,14)9-4-2-3-8-6-10-5(7)11-12-6/h9H,2-4H2,1H3,(H4,7,8,10,11,12). The zero-order valence-electron chi connectivity index (χ0n) is 8.32. The van der Waals surface area contributed by atoms with Gasteiger partial charge in [0.2, 0.25) is 21.9 Å². The lowest BCUT2D eigenvalue weighted by Gasteiger charge is -2.02. The molecular formula is C6H14N6O2S. The highest BCUT2D eigenvalue weighted by Gasteiger charge is 2.00. The molecule has 0 unspecified atom stereocenters. The number of hydrogen-bond donors (Lipinski definition) is 4. The van der Waals surface area contributed by atoms with Crippen LogP contribution in [0.5, 0.6) is 0 Å². The Labute approximate surface area is 87.7 Å². The third kappa shape index (κ3) is 5.18. The van der Waals surface area contributed by atoms with Gasteiger partial charge in [0.05, 0.1) is 6.26 Å². The minimum atomic E-state index is -3.10. The highest BCUT2D eigenvalue weighted by atomic mass is 32.2. The van der Waals surface area contributed by atoms with Crippen molar-refractivity contribution in [1.82, 2.24) is 19.9 Å². The molecule has 0 spiro atoms. The lowest BCUT2D eigenvalue weighted by Crippen LogP contribution is -2.24. The van der Waals surface area contributed by atoms with Crippen LogP contribution in [0.2, 0.25) is 0 Å². The van der Waals surface area contributed by atoms with Crippen molar-refractivity contribution in [2.75, 3.05) is 30.4 Å². The van der Waals surface area contributed by atoms with Crippen LogP contribution in [-0.4, -0.2) is 42.9 Å². The Hall–Kier alpha value is -1.35. The Bertz CT molecular complexity index is 400. The van der Waals surface area contributed by atoms with Crippen molar-refractivity contribution in [2.45, 2.75) is 6.42 Å². The minimum absolute atomic E-state index is 0.242. The van der Waals surface area contributed by atoms with Gasteiger partial charge in [-0.2, -0.15) is 4.98 Å². The van der Waals surface area contributed by atoms with E-state index >= 15 is 0 Å². The fourth-order valence-corrected chi connectivity index (χ4v) is 1.41. The molecule has 5 N–H and O–H groups in total. The first-order valence-electron chi connectivity index (χ1n) is 4.34. The first kappa shape index (κ1) is 11.7. The fraction of sp³-hybridized carbons (Fsp3) is 0.667. The molecule has 1 heterocycles. The average molecular weight is 234 g/mol. The molecule has 8 nitrogen and oxygen atoms in total. The lowest BCUT2D eigenvalue weighted by molar-refractivity contribution is 0.586. The van der Waals surface area contributed by atoms with Crippen LogP contribution >= 0.6 is 0 Å². The number of aromatic amines is 1. The number of nitrogens with one attached hydrogen (secondary N) is 3. The van der Waals surface area contributed by atoms with Crippen molar-refractivity contribution < 1.29 is 8.42 Å². The fourth-order valence-electron chi connectivity index (χ4n) is 0.900. The summed E-state index contributed by atoms with van der Waals surface area (Å²) in [6.45, 7) is 0.950. The van der Waals surface area contributed by atoms with Crippen molar-refractivity contribution in [2.24, 2.45) is 0 Å². The van der Waals surface area contributed by atoms with Gasteiger partial charge in [-0.1, -0.05) is 0 Å². The van der Waals surface area contributed by atoms with E-state index in [4.69, 9.17) is 5.73 Å². The Morgan fingerprint density at radius 3 is 2.73 bits per heavy atom. The van der Waals surface area contributed by atoms with Crippen molar-refractivity contribution in [1.29, 1.82) is 0 Å². The molecule has 0 aliphatic rings. The number of nitrogens with two attached hydrogens (primary N) is 1. The van der Waals surface area contributed by atoms with Gasteiger partial charge in [-0.3, -0.25) is 0 Å². The summed E-state index contributed by atoms with van der Waals surface area (Å²) in [5, 5.41) is 9.11. The Balaban J connectivity index is 2.12. The summed E-state index contributed by atoms with van der Waals surface area (Å²) in [5.74, 6) is 0.651. The number of anilines is 2. The molecule has 0 bridgehead atoms. The molecule has 0 aromatic carbocycles. The number of aromatic nitrogens is 3. The molecule has 0 fully saturated rings. The van der Waals surface area contributed by atoms with E-state index in [9.17, 15) is 8.42 Å². The van der Waals surface area contributed by atoms with Gasteiger partial charge < -0.3 is 11.1 Å². The van der Waals surface area contributed by atoms with Crippen LogP contribution < -0.4 is 15.8 Å². The molecule has 86 valence electrons. The third-order valence-corrected chi connectivity index (χ3v) is 2.23. The quantitative estimate of drug-likeness (QED) is 0.455. The number of nitrogens with zero attached hydrogens (tertiary/aromatic N) is 2. The second-order valence-electron chi connectivity index (χ2n) is 2.99. The smallest absolute Gasteiger partial charge is 0.243 e. The van der Waals surface area contributed by atoms with Crippen molar-refractivity contribution in [3.05, 3.63) is 0 Å². The van der Waals surface area contributed by atoms with Gasteiger partial charge in [-0.05, 0) is 6.42 Å². The SMILES string of the molecule is CS(=O)(=O)NCCCNc1n[nH]c(N)n1. The molecule has 15 heavy (non-hydrogen) atoms. The number of hydrogen-bond acceptors (Lipinski definition) is 6. The highest BCUT2D eigenvalue weighted by molar-refractivity contribution is 7.88. The van der Waals surface area contributed by atoms with Crippen LogP contribution in [0.4, 0.5) is 11.9 Å². The maximum absolute atomic E-state index is 10.7. The van der Waals surface area contributed by atoms with E-state index in [0.29, 0.717) is 25.5 Å². The van der Waals surface area contributed by atoms with Crippen LogP contribution in [0, 0.1) is 0 Å². The lowest BCUT2D eigenvalue weighted by atomic mass is 10.4. The summed E-state index contributed by atoms with van der Waals surface area (Å²) in [6, 6.07) is 0. The second-order valence-corrected chi connectivity index (χ2v) is 4.82. The molecular weight excluding hydrogens is 220 g/mol. The van der Waals surface area contributed by atoms with Crippen molar-refractivity contribution in [3.8, 4) is 0 Å². The van der Waals surface area contributed by atoms with Gasteiger partial charge >= 0.3 is 0 Å². The molecule has 9 heteroatoms. The Morgan fingerprint density at radius 2 is 2.20 bits per heavy atom. The van der Waals surface area contributed by atoms with E-state index in [1.54, 1.807) is 0 Å². The van der Waals surface area contributed by atoms with E-state index in [2.05, 4.69) is 25.2 Å². The largest absolute Gasteiger partial charge is 0.368 e. The summed E-state index contributed by atoms with van der Waals surface area (Å²) in [7, 11) is -3.10. The molecule has 1 rings (SSSR count). The maximum atomic E-state index is 10.7. The van der Waals surface area contributed by atoms with Crippen molar-refractivity contribution in [3.63, 3.8) is 0 Å². The van der Waals surface area contributed by atoms with Crippen LogP contribution in [0.1, 0.15) is 6.42 Å². The van der Waals surface area contributed by atoms with Gasteiger partial charge in [-0.25, -0.2) is 18.2 Å². The monoisotopic (exact) mass is 234 g/mol. The molecule has 1 aromatic rings. The zero-order valence-corrected chi connectivity index (χ0v) is 9.13. The molecule has 0 radical (unpaired) electrons. The van der Waals surface area contributed by atoms with Gasteiger partial charge in [-0.15, -0.1) is 5.10 Å². The number of rotatable bonds is 6. The molecule has 1 aromatic heterocycles. The van der Waals surface area contributed by atoms with E-state index < -0.39 is 10.0 Å². The normalized spacial score (nSPS) is 11.5. The molecule has 0 atom stereocenters. The minimum Gasteiger partial charge on any atom is -0.368 e. The third-order valence-electron chi connectivity index (χ3n) is 1.50. The molecule has 0 saturated heterocycles. The zero-order chi connectivity index (χ0) is 11.3. The summed E-state index contributed by atoms with van der Waals surface area (Å²) < 4.78 is 23.8. The van der Waals surface area contributed by atoms with Gasteiger partial charge in [0.1, 0.15) is 0 Å². The van der Waals surface area contributed by atoms with Gasteiger partial charge in [0.25, 0.3) is 0 Å². The molecule has 0 amide bonds. The van der Waals surface area contributed by atoms with Crippen LogP contribution in [0.3, 0.4) is 0 Å². The summed E-state index contributed by atoms with van der Waals surface area (Å²) in [4.78, 5) is 3.82. The second kappa shape index (κ2) is 4.94. The molecule has 0 saturated carbocycles. The van der Waals surface area contributed by atoms with Gasteiger partial charge in [0, 0.05) is 13.1 Å². The number of H-pyrrole nitrogens is 1. The maximum Gasteiger partial charge on any atom is 0.243 e. The van der Waals surface area contributed by atoms with Crippen LogP contribution in [-0.2, 0) is 10.0 Å². The van der Waals surface area contributed by atoms with E-state index in [0.717, 1.165) is 6.26 Å². The van der Waals surface area contributed by atoms with E-state index in [-0.39, 0.29) is 5.95 Å². The summed E-state index contributed by atoms with van der Waals surface area (Å²) in [5.41, 5.74) is 5.31. The number of nitrogen functional groups attached to an aromatic ring is 1. The summed E-state index contributed by atoms with van der Waals surface area (Å²) >= 11 is 0. The predicted molar refractivity (Wildman–Crippen MR) is 56.7 cm³/mol. The van der Waals surface area contributed by atoms with Gasteiger partial charge in [0.15, 0.2) is 0 Å². The first-order chi connectivity index (χ1) is 6.97. The number of sulfonamides is 1. The first-order valence-corrected chi connectivity index (χ1v) is 6.23. The molecule has 0 aliphatic heterocycles. The van der Waals surface area contributed by atoms with E-state index in [1.165, 1.54) is 0 Å². The van der Waals surface area contributed by atoms with Crippen LogP contribution in [0.25, 0.3) is 0 Å². The van der Waals surface area contributed by atoms with Crippen molar-refractivity contribution >= 4 is 21.9 Å². The van der Waals surface area contributed by atoms with Crippen LogP contribution in [0.15, 0.2) is 0 Å². The highest BCUT2D eigenvalue weighted by Crippen LogP contribution is 1.97. The summed E-state index contributed by atoms with van der Waals surface area (Å²) in [6.07, 6.45) is 1.76. The predicted octanol–water partition coefficient (Wildman–Crippen LogP) is -1.26. The topological polar surface area (TPSA) is 126 Å². The van der Waals surface area contributed by atoms with E-state index in [1.807, 2.05) is 0 Å².